The molecular weight excluding hydrogens is 366 g/mol. The molecule has 0 aliphatic carbocycles. The number of carbonyl (C=O) groups is 1. The normalized spacial score (nSPS) is 16.2. The van der Waals surface area contributed by atoms with Crippen LogP contribution in [0.3, 0.4) is 0 Å². The van der Waals surface area contributed by atoms with Gasteiger partial charge >= 0.3 is 11.7 Å². The Morgan fingerprint density at radius 1 is 1.29 bits per heavy atom. The first-order valence-electron chi connectivity index (χ1n) is 8.83. The molecule has 2 aromatic heterocycles. The van der Waals surface area contributed by atoms with Crippen molar-refractivity contribution in [2.24, 2.45) is 7.05 Å². The second-order valence-corrected chi connectivity index (χ2v) is 6.54. The smallest absolute Gasteiger partial charge is 0.338 e. The first kappa shape index (κ1) is 18.0. The lowest BCUT2D eigenvalue weighted by Gasteiger charge is -2.32. The Labute approximate surface area is 158 Å². The molecule has 10 heteroatoms. The van der Waals surface area contributed by atoms with Gasteiger partial charge in [-0.15, -0.1) is 0 Å². The summed E-state index contributed by atoms with van der Waals surface area (Å²) >= 11 is 0. The molecule has 1 aromatic carbocycles. The van der Waals surface area contributed by atoms with Gasteiger partial charge in [0.25, 0.3) is 5.56 Å². The van der Waals surface area contributed by atoms with Crippen LogP contribution in [-0.2, 0) is 18.3 Å². The number of nitrogens with zero attached hydrogens (tertiary/aromatic N) is 4. The lowest BCUT2D eigenvalue weighted by atomic mass is 10.1. The number of rotatable bonds is 3. The minimum Gasteiger partial charge on any atom is -0.462 e. The predicted molar refractivity (Wildman–Crippen MR) is 101 cm³/mol. The highest BCUT2D eigenvalue weighted by Gasteiger charge is 2.29. The molecule has 0 fully saturated rings. The second kappa shape index (κ2) is 6.64. The zero-order chi connectivity index (χ0) is 20.0. The van der Waals surface area contributed by atoms with Crippen molar-refractivity contribution in [3.05, 3.63) is 50.7 Å². The maximum absolute atomic E-state index is 12.3. The maximum Gasteiger partial charge on any atom is 0.338 e. The van der Waals surface area contributed by atoms with Gasteiger partial charge in [-0.1, -0.05) is 0 Å². The third-order valence-electron chi connectivity index (χ3n) is 4.71. The summed E-state index contributed by atoms with van der Waals surface area (Å²) in [5.41, 5.74) is 0.456. The van der Waals surface area contributed by atoms with Crippen LogP contribution < -0.4 is 16.1 Å². The number of aliphatic hydroxyl groups excluding tert-OH is 1. The van der Waals surface area contributed by atoms with Crippen LogP contribution in [0.4, 0.5) is 11.6 Å². The molecule has 3 heterocycles. The molecule has 28 heavy (non-hydrogen) atoms. The Kier molecular flexibility index (Phi) is 4.27. The van der Waals surface area contributed by atoms with Crippen molar-refractivity contribution >= 4 is 28.8 Å². The Bertz CT molecular complexity index is 1170. The quantitative estimate of drug-likeness (QED) is 0.614. The molecule has 0 spiro atoms. The predicted octanol–water partition coefficient (Wildman–Crippen LogP) is 0.113. The van der Waals surface area contributed by atoms with Crippen LogP contribution in [0.5, 0.6) is 0 Å². The third kappa shape index (κ3) is 2.78. The number of aromatic amines is 1. The molecular formula is C18H19N5O5. The van der Waals surface area contributed by atoms with Crippen molar-refractivity contribution in [1.82, 2.24) is 19.1 Å². The summed E-state index contributed by atoms with van der Waals surface area (Å²) in [7, 11) is 1.52. The number of esters is 1. The van der Waals surface area contributed by atoms with Gasteiger partial charge in [0.1, 0.15) is 0 Å². The number of imidazole rings is 1. The minimum atomic E-state index is -0.744. The van der Waals surface area contributed by atoms with E-state index in [4.69, 9.17) is 4.74 Å². The van der Waals surface area contributed by atoms with E-state index < -0.39 is 23.3 Å². The average Bonchev–Trinajstić information content (AvgIpc) is 3.06. The van der Waals surface area contributed by atoms with Crippen LogP contribution >= 0.6 is 0 Å². The highest BCUT2D eigenvalue weighted by atomic mass is 16.5. The van der Waals surface area contributed by atoms with Crippen molar-refractivity contribution in [3.8, 4) is 0 Å². The van der Waals surface area contributed by atoms with Gasteiger partial charge in [-0.25, -0.2) is 9.59 Å². The zero-order valence-corrected chi connectivity index (χ0v) is 15.4. The Balaban J connectivity index is 1.83. The number of aromatic nitrogens is 4. The van der Waals surface area contributed by atoms with E-state index in [-0.39, 0.29) is 30.9 Å². The van der Waals surface area contributed by atoms with Gasteiger partial charge in [0.15, 0.2) is 11.2 Å². The molecule has 1 unspecified atom stereocenters. The fourth-order valence-corrected chi connectivity index (χ4v) is 3.38. The Morgan fingerprint density at radius 3 is 2.68 bits per heavy atom. The first-order chi connectivity index (χ1) is 13.4. The number of benzene rings is 1. The van der Waals surface area contributed by atoms with Crippen molar-refractivity contribution in [2.75, 3.05) is 18.1 Å². The summed E-state index contributed by atoms with van der Waals surface area (Å²) in [4.78, 5) is 44.6. The molecule has 1 atom stereocenters. The zero-order valence-electron chi connectivity index (χ0n) is 15.4. The van der Waals surface area contributed by atoms with E-state index in [2.05, 4.69) is 9.97 Å². The van der Waals surface area contributed by atoms with Gasteiger partial charge in [-0.2, -0.15) is 4.98 Å². The fraction of sp³-hybridized carbons (Fsp3) is 0.333. The molecule has 4 rings (SSSR count). The van der Waals surface area contributed by atoms with E-state index in [1.165, 1.54) is 11.6 Å². The number of anilines is 2. The number of carbonyl (C=O) groups excluding carboxylic acids is 1. The molecule has 2 N–H and O–H groups in total. The molecule has 10 nitrogen and oxygen atoms in total. The molecule has 0 saturated heterocycles. The third-order valence-corrected chi connectivity index (χ3v) is 4.71. The van der Waals surface area contributed by atoms with Gasteiger partial charge in [-0.3, -0.25) is 14.3 Å². The van der Waals surface area contributed by atoms with E-state index in [1.54, 1.807) is 40.7 Å². The molecule has 0 radical (unpaired) electrons. The van der Waals surface area contributed by atoms with Gasteiger partial charge in [0.2, 0.25) is 5.95 Å². The van der Waals surface area contributed by atoms with Gasteiger partial charge in [0, 0.05) is 12.7 Å². The summed E-state index contributed by atoms with van der Waals surface area (Å²) in [6.45, 7) is 2.47. The summed E-state index contributed by atoms with van der Waals surface area (Å²) in [5, 5.41) is 10.3. The largest absolute Gasteiger partial charge is 0.462 e. The number of aryl methyl sites for hydroxylation is 1. The van der Waals surface area contributed by atoms with Crippen molar-refractivity contribution in [3.63, 3.8) is 0 Å². The average molecular weight is 385 g/mol. The molecule has 3 aromatic rings. The van der Waals surface area contributed by atoms with Crippen LogP contribution in [0.2, 0.25) is 0 Å². The number of fused-ring (bicyclic) bond motifs is 3. The van der Waals surface area contributed by atoms with E-state index >= 15 is 0 Å². The van der Waals surface area contributed by atoms with Crippen LogP contribution in [0, 0.1) is 0 Å². The highest BCUT2D eigenvalue weighted by Crippen LogP contribution is 2.31. The number of H-pyrrole nitrogens is 1. The standard InChI is InChI=1S/C18H19N5O5/c1-3-28-16(26)10-4-6-11(7-5-10)22-8-12(24)9-23-13-14(19-17(22)23)21(2)18(27)20-15(13)25/h4-7,12,24H,3,8-9H2,1-2H3,(H,20,25,27). The molecule has 146 valence electrons. The summed E-state index contributed by atoms with van der Waals surface area (Å²) in [6.07, 6.45) is -0.744. The lowest BCUT2D eigenvalue weighted by molar-refractivity contribution is 0.0526. The van der Waals surface area contributed by atoms with Gasteiger partial charge < -0.3 is 19.3 Å². The van der Waals surface area contributed by atoms with Crippen molar-refractivity contribution in [1.29, 1.82) is 0 Å². The summed E-state index contributed by atoms with van der Waals surface area (Å²) in [6, 6.07) is 6.70. The van der Waals surface area contributed by atoms with Crippen LogP contribution in [0.25, 0.3) is 11.2 Å². The van der Waals surface area contributed by atoms with E-state index in [1.807, 2.05) is 0 Å². The lowest BCUT2D eigenvalue weighted by Crippen LogP contribution is -2.39. The number of ether oxygens (including phenoxy) is 1. The highest BCUT2D eigenvalue weighted by molar-refractivity contribution is 5.90. The number of β-amino-alcohol motifs (C(OH)–C–C–N with tert-alkyl or cyclic N) is 1. The topological polar surface area (TPSA) is 122 Å². The van der Waals surface area contributed by atoms with E-state index in [0.29, 0.717) is 17.2 Å². The molecule has 0 saturated carbocycles. The number of hydrogen-bond acceptors (Lipinski definition) is 7. The first-order valence-corrected chi connectivity index (χ1v) is 8.83. The molecule has 1 aliphatic rings. The molecule has 0 amide bonds. The molecule has 0 bridgehead atoms. The summed E-state index contributed by atoms with van der Waals surface area (Å²) in [5.74, 6) is 0.0254. The number of aliphatic hydroxyl groups is 1. The second-order valence-electron chi connectivity index (χ2n) is 6.54. The monoisotopic (exact) mass is 385 g/mol. The number of nitrogens with one attached hydrogen (secondary N) is 1. The minimum absolute atomic E-state index is 0.185. The number of hydrogen-bond donors (Lipinski definition) is 2. The van der Waals surface area contributed by atoms with Crippen LogP contribution in [-0.4, -0.2) is 49.4 Å². The Morgan fingerprint density at radius 2 is 2.00 bits per heavy atom. The fourth-order valence-electron chi connectivity index (χ4n) is 3.38. The van der Waals surface area contributed by atoms with Crippen LogP contribution in [0.1, 0.15) is 17.3 Å². The SMILES string of the molecule is CCOC(=O)c1ccc(N2CC(O)Cn3c2nc2c3c(=O)[nH]c(=O)n2C)cc1. The van der Waals surface area contributed by atoms with E-state index in [9.17, 15) is 19.5 Å². The van der Waals surface area contributed by atoms with Crippen molar-refractivity contribution < 1.29 is 14.6 Å². The Hall–Kier alpha value is -3.40. The van der Waals surface area contributed by atoms with Crippen molar-refractivity contribution in [2.45, 2.75) is 19.6 Å². The van der Waals surface area contributed by atoms with Crippen LogP contribution in [0.15, 0.2) is 33.9 Å². The summed E-state index contributed by atoms with van der Waals surface area (Å²) < 4.78 is 7.84. The molecule has 1 aliphatic heterocycles. The van der Waals surface area contributed by atoms with Gasteiger partial charge in [0.05, 0.1) is 31.4 Å². The maximum atomic E-state index is 12.3. The van der Waals surface area contributed by atoms with Gasteiger partial charge in [-0.05, 0) is 31.2 Å². The van der Waals surface area contributed by atoms with E-state index in [0.717, 1.165) is 0 Å².